The molecule has 29 heavy (non-hydrogen) atoms. The molecule has 0 atom stereocenters. The van der Waals surface area contributed by atoms with Gasteiger partial charge in [0.1, 0.15) is 0 Å². The molecule has 0 saturated carbocycles. The number of rotatable bonds is 6. The van der Waals surface area contributed by atoms with E-state index < -0.39 is 10.8 Å². The molecule has 7 nitrogen and oxygen atoms in total. The van der Waals surface area contributed by atoms with Crippen LogP contribution < -0.4 is 10.6 Å². The number of benzene rings is 3. The molecule has 7 heteroatoms. The van der Waals surface area contributed by atoms with Crippen LogP contribution in [0, 0.1) is 17.0 Å². The van der Waals surface area contributed by atoms with Crippen molar-refractivity contribution in [1.82, 2.24) is 5.32 Å². The van der Waals surface area contributed by atoms with E-state index in [9.17, 15) is 19.7 Å². The zero-order chi connectivity index (χ0) is 20.8. The zero-order valence-corrected chi connectivity index (χ0v) is 15.7. The summed E-state index contributed by atoms with van der Waals surface area (Å²) in [6.45, 7) is 2.34. The van der Waals surface area contributed by atoms with Gasteiger partial charge >= 0.3 is 0 Å². The summed E-state index contributed by atoms with van der Waals surface area (Å²) >= 11 is 0. The van der Waals surface area contributed by atoms with Crippen molar-refractivity contribution in [3.05, 3.63) is 105 Å². The number of aryl methyl sites for hydroxylation is 1. The molecular weight excluding hydrogens is 370 g/mol. The highest BCUT2D eigenvalue weighted by molar-refractivity contribution is 6.09. The molecule has 0 aliphatic heterocycles. The summed E-state index contributed by atoms with van der Waals surface area (Å²) in [5.74, 6) is -0.868. The summed E-state index contributed by atoms with van der Waals surface area (Å²) in [6.07, 6.45) is 0. The molecule has 0 heterocycles. The molecule has 0 radical (unpaired) electrons. The number of non-ortho nitro benzene ring substituents is 1. The van der Waals surface area contributed by atoms with E-state index >= 15 is 0 Å². The molecule has 0 spiro atoms. The van der Waals surface area contributed by atoms with Gasteiger partial charge < -0.3 is 10.6 Å². The van der Waals surface area contributed by atoms with Gasteiger partial charge in [0.05, 0.1) is 16.2 Å². The summed E-state index contributed by atoms with van der Waals surface area (Å²) in [5.41, 5.74) is 2.68. The molecule has 0 bridgehead atoms. The number of nitrogens with zero attached hydrogens (tertiary/aromatic N) is 1. The fraction of sp³-hybridized carbons (Fsp3) is 0.0909. The number of carbonyl (C=O) groups excluding carboxylic acids is 2. The van der Waals surface area contributed by atoms with Crippen LogP contribution in [-0.4, -0.2) is 16.7 Å². The number of hydrogen-bond acceptors (Lipinski definition) is 4. The van der Waals surface area contributed by atoms with Crippen molar-refractivity contribution in [2.75, 3.05) is 5.32 Å². The minimum Gasteiger partial charge on any atom is -0.348 e. The fourth-order valence-electron chi connectivity index (χ4n) is 2.73. The third kappa shape index (κ3) is 5.04. The van der Waals surface area contributed by atoms with E-state index in [1.165, 1.54) is 24.3 Å². The first-order valence-corrected chi connectivity index (χ1v) is 8.92. The summed E-state index contributed by atoms with van der Waals surface area (Å²) in [5, 5.41) is 16.4. The predicted octanol–water partition coefficient (Wildman–Crippen LogP) is 4.09. The van der Waals surface area contributed by atoms with Crippen LogP contribution in [0.2, 0.25) is 0 Å². The molecule has 0 aliphatic rings. The summed E-state index contributed by atoms with van der Waals surface area (Å²) in [7, 11) is 0. The molecule has 2 N–H and O–H groups in total. The van der Waals surface area contributed by atoms with Crippen molar-refractivity contribution < 1.29 is 14.5 Å². The van der Waals surface area contributed by atoms with Crippen LogP contribution in [0.1, 0.15) is 31.8 Å². The first kappa shape index (κ1) is 19.8. The molecule has 0 unspecified atom stereocenters. The minimum atomic E-state index is -0.566. The van der Waals surface area contributed by atoms with Crippen molar-refractivity contribution in [2.45, 2.75) is 13.5 Å². The van der Waals surface area contributed by atoms with Crippen LogP contribution in [0.25, 0.3) is 0 Å². The van der Waals surface area contributed by atoms with Gasteiger partial charge in [-0.15, -0.1) is 0 Å². The molecule has 2 amide bonds. The highest BCUT2D eigenvalue weighted by atomic mass is 16.6. The molecular formula is C22H19N3O4. The Morgan fingerprint density at radius 3 is 2.38 bits per heavy atom. The second kappa shape index (κ2) is 8.79. The van der Waals surface area contributed by atoms with Crippen molar-refractivity contribution in [2.24, 2.45) is 0 Å². The Bertz CT molecular complexity index is 1060. The van der Waals surface area contributed by atoms with Crippen LogP contribution in [0.5, 0.6) is 0 Å². The monoisotopic (exact) mass is 389 g/mol. The third-order valence-corrected chi connectivity index (χ3v) is 4.31. The second-order valence-electron chi connectivity index (χ2n) is 6.48. The number of nitrogens with one attached hydrogen (secondary N) is 2. The van der Waals surface area contributed by atoms with Crippen molar-refractivity contribution in [3.63, 3.8) is 0 Å². The van der Waals surface area contributed by atoms with Gasteiger partial charge in [-0.05, 0) is 30.7 Å². The van der Waals surface area contributed by atoms with Gasteiger partial charge in [-0.2, -0.15) is 0 Å². The Labute approximate surface area is 167 Å². The number of hydrogen-bond donors (Lipinski definition) is 2. The minimum absolute atomic E-state index is 0.133. The molecule has 3 rings (SSSR count). The van der Waals surface area contributed by atoms with E-state index in [2.05, 4.69) is 10.6 Å². The lowest BCUT2D eigenvalue weighted by Crippen LogP contribution is -2.24. The molecule has 0 aromatic heterocycles. The van der Waals surface area contributed by atoms with E-state index in [1.54, 1.807) is 24.3 Å². The number of carbonyl (C=O) groups is 2. The van der Waals surface area contributed by atoms with E-state index in [-0.39, 0.29) is 17.2 Å². The Morgan fingerprint density at radius 1 is 0.931 bits per heavy atom. The van der Waals surface area contributed by atoms with E-state index in [0.29, 0.717) is 17.8 Å². The predicted molar refractivity (Wildman–Crippen MR) is 110 cm³/mol. The van der Waals surface area contributed by atoms with Crippen LogP contribution >= 0.6 is 0 Å². The number of para-hydroxylation sites is 1. The maximum Gasteiger partial charge on any atom is 0.270 e. The second-order valence-corrected chi connectivity index (χ2v) is 6.48. The SMILES string of the molecule is Cc1ccc(CNC(=O)c2ccccc2NC(=O)c2cccc([N+](=O)[O-])c2)cc1. The zero-order valence-electron chi connectivity index (χ0n) is 15.7. The average Bonchev–Trinajstić information content (AvgIpc) is 2.73. The Hall–Kier alpha value is -4.00. The van der Waals surface area contributed by atoms with Crippen LogP contribution in [0.3, 0.4) is 0 Å². The fourth-order valence-corrected chi connectivity index (χ4v) is 2.73. The Morgan fingerprint density at radius 2 is 1.66 bits per heavy atom. The lowest BCUT2D eigenvalue weighted by atomic mass is 10.1. The summed E-state index contributed by atoms with van der Waals surface area (Å²) < 4.78 is 0. The maximum absolute atomic E-state index is 12.6. The van der Waals surface area contributed by atoms with Crippen molar-refractivity contribution in [1.29, 1.82) is 0 Å². The van der Waals surface area contributed by atoms with Crippen molar-refractivity contribution in [3.8, 4) is 0 Å². The van der Waals surface area contributed by atoms with Crippen LogP contribution in [0.15, 0.2) is 72.8 Å². The van der Waals surface area contributed by atoms with E-state index in [0.717, 1.165) is 11.1 Å². The normalized spacial score (nSPS) is 10.2. The van der Waals surface area contributed by atoms with Gasteiger partial charge in [0, 0.05) is 24.2 Å². The van der Waals surface area contributed by atoms with Gasteiger partial charge in [0.2, 0.25) is 0 Å². The Kier molecular flexibility index (Phi) is 5.99. The van der Waals surface area contributed by atoms with E-state index in [4.69, 9.17) is 0 Å². The Balaban J connectivity index is 1.73. The maximum atomic E-state index is 12.6. The lowest BCUT2D eigenvalue weighted by molar-refractivity contribution is -0.384. The largest absolute Gasteiger partial charge is 0.348 e. The topological polar surface area (TPSA) is 101 Å². The summed E-state index contributed by atoms with van der Waals surface area (Å²) in [4.78, 5) is 35.5. The van der Waals surface area contributed by atoms with Crippen LogP contribution in [-0.2, 0) is 6.54 Å². The molecule has 3 aromatic carbocycles. The quantitative estimate of drug-likeness (QED) is 0.490. The number of nitro groups is 1. The molecule has 3 aromatic rings. The van der Waals surface area contributed by atoms with Crippen molar-refractivity contribution >= 4 is 23.2 Å². The first-order chi connectivity index (χ1) is 13.9. The summed E-state index contributed by atoms with van der Waals surface area (Å²) in [6, 6.07) is 19.8. The number of amides is 2. The average molecular weight is 389 g/mol. The van der Waals surface area contributed by atoms with Gasteiger partial charge in [-0.25, -0.2) is 0 Å². The smallest absolute Gasteiger partial charge is 0.270 e. The van der Waals surface area contributed by atoms with Gasteiger partial charge in [-0.3, -0.25) is 19.7 Å². The van der Waals surface area contributed by atoms with Gasteiger partial charge in [-0.1, -0.05) is 48.0 Å². The molecule has 0 fully saturated rings. The number of anilines is 1. The van der Waals surface area contributed by atoms with Crippen LogP contribution in [0.4, 0.5) is 11.4 Å². The highest BCUT2D eigenvalue weighted by Crippen LogP contribution is 2.18. The van der Waals surface area contributed by atoms with Gasteiger partial charge in [0.15, 0.2) is 0 Å². The molecule has 0 saturated heterocycles. The lowest BCUT2D eigenvalue weighted by Gasteiger charge is -2.12. The molecule has 146 valence electrons. The van der Waals surface area contributed by atoms with E-state index in [1.807, 2.05) is 31.2 Å². The standard InChI is InChI=1S/C22H19N3O4/c1-15-9-11-16(12-10-15)14-23-22(27)19-7-2-3-8-20(19)24-21(26)17-5-4-6-18(13-17)25(28)29/h2-13H,14H2,1H3,(H,23,27)(H,24,26). The number of nitro benzene ring substituents is 1. The third-order valence-electron chi connectivity index (χ3n) is 4.31. The first-order valence-electron chi connectivity index (χ1n) is 8.92. The highest BCUT2D eigenvalue weighted by Gasteiger charge is 2.16. The van der Waals surface area contributed by atoms with Gasteiger partial charge in [0.25, 0.3) is 17.5 Å². The molecule has 0 aliphatic carbocycles.